The lowest BCUT2D eigenvalue weighted by molar-refractivity contribution is -0.153. The highest BCUT2D eigenvalue weighted by Gasteiger charge is 2.19. The van der Waals surface area contributed by atoms with Gasteiger partial charge in [-0.15, -0.1) is 11.3 Å². The van der Waals surface area contributed by atoms with E-state index in [-0.39, 0.29) is 6.42 Å². The summed E-state index contributed by atoms with van der Waals surface area (Å²) in [5.74, 6) is -0.350. The molecule has 0 aliphatic carbocycles. The lowest BCUT2D eigenvalue weighted by atomic mass is 10.2. The van der Waals surface area contributed by atoms with Crippen LogP contribution in [-0.2, 0) is 20.7 Å². The Balaban J connectivity index is 1.81. The van der Waals surface area contributed by atoms with Gasteiger partial charge in [0, 0.05) is 16.3 Å². The number of esters is 1. The number of methoxy groups -OCH3 is 1. The van der Waals surface area contributed by atoms with Gasteiger partial charge in [0.05, 0.1) is 12.8 Å². The number of halogens is 1. The Morgan fingerprint density at radius 3 is 2.80 bits per heavy atom. The molecule has 0 bridgehead atoms. The molecule has 0 aliphatic rings. The zero-order valence-electron chi connectivity index (χ0n) is 14.1. The first-order valence-corrected chi connectivity index (χ1v) is 9.11. The minimum atomic E-state index is -0.905. The van der Waals surface area contributed by atoms with E-state index < -0.39 is 18.0 Å². The highest BCUT2D eigenvalue weighted by atomic mass is 35.5. The molecule has 0 spiro atoms. The van der Waals surface area contributed by atoms with Crippen LogP contribution in [0.4, 0.5) is 5.69 Å². The van der Waals surface area contributed by atoms with E-state index in [1.807, 2.05) is 17.5 Å². The molecule has 0 aliphatic heterocycles. The smallest absolute Gasteiger partial charge is 0.306 e. The number of ether oxygens (including phenoxy) is 2. The van der Waals surface area contributed by atoms with Gasteiger partial charge in [-0.3, -0.25) is 9.59 Å². The van der Waals surface area contributed by atoms with Crippen molar-refractivity contribution in [1.82, 2.24) is 0 Å². The largest absolute Gasteiger partial charge is 0.495 e. The molecular formula is C18H20ClNO4S. The van der Waals surface area contributed by atoms with Crippen LogP contribution in [0.25, 0.3) is 0 Å². The van der Waals surface area contributed by atoms with E-state index in [0.717, 1.165) is 6.42 Å². The summed E-state index contributed by atoms with van der Waals surface area (Å²) in [6.45, 7) is 1.53. The molecular weight excluding hydrogens is 362 g/mol. The third-order valence-corrected chi connectivity index (χ3v) is 4.65. The Hall–Kier alpha value is -2.05. The molecule has 0 radical (unpaired) electrons. The van der Waals surface area contributed by atoms with Crippen molar-refractivity contribution in [2.45, 2.75) is 32.3 Å². The summed E-state index contributed by atoms with van der Waals surface area (Å²) in [6.07, 6.45) is 0.886. The lowest BCUT2D eigenvalue weighted by Crippen LogP contribution is -2.30. The van der Waals surface area contributed by atoms with E-state index in [9.17, 15) is 9.59 Å². The van der Waals surface area contributed by atoms with Crippen molar-refractivity contribution in [3.63, 3.8) is 0 Å². The summed E-state index contributed by atoms with van der Waals surface area (Å²) in [5, 5.41) is 5.13. The highest BCUT2D eigenvalue weighted by molar-refractivity contribution is 7.09. The molecule has 1 atom stereocenters. The van der Waals surface area contributed by atoms with Crippen LogP contribution in [0, 0.1) is 0 Å². The molecule has 7 heteroatoms. The second-order valence-electron chi connectivity index (χ2n) is 5.40. The molecule has 0 saturated carbocycles. The molecule has 0 saturated heterocycles. The number of hydrogen-bond donors (Lipinski definition) is 1. The molecule has 134 valence electrons. The first-order chi connectivity index (χ1) is 12.0. The number of benzene rings is 1. The van der Waals surface area contributed by atoms with Crippen molar-refractivity contribution in [2.24, 2.45) is 0 Å². The van der Waals surface area contributed by atoms with Gasteiger partial charge in [-0.25, -0.2) is 0 Å². The van der Waals surface area contributed by atoms with Crippen molar-refractivity contribution in [3.8, 4) is 5.75 Å². The lowest BCUT2D eigenvalue weighted by Gasteiger charge is -2.15. The van der Waals surface area contributed by atoms with Gasteiger partial charge in [0.1, 0.15) is 5.75 Å². The Bertz CT molecular complexity index is 718. The predicted molar refractivity (Wildman–Crippen MR) is 99.4 cm³/mol. The summed E-state index contributed by atoms with van der Waals surface area (Å²) < 4.78 is 10.4. The molecule has 1 heterocycles. The van der Waals surface area contributed by atoms with Crippen LogP contribution in [0.15, 0.2) is 35.7 Å². The molecule has 1 aromatic heterocycles. The van der Waals surface area contributed by atoms with Crippen LogP contribution in [0.5, 0.6) is 5.75 Å². The maximum atomic E-state index is 12.2. The van der Waals surface area contributed by atoms with Crippen LogP contribution in [0.3, 0.4) is 0 Å². The van der Waals surface area contributed by atoms with E-state index in [2.05, 4.69) is 5.32 Å². The summed E-state index contributed by atoms with van der Waals surface area (Å²) in [6, 6.07) is 8.90. The fourth-order valence-corrected chi connectivity index (χ4v) is 3.11. The fourth-order valence-electron chi connectivity index (χ4n) is 2.18. The van der Waals surface area contributed by atoms with Crippen molar-refractivity contribution in [2.75, 3.05) is 12.4 Å². The third-order valence-electron chi connectivity index (χ3n) is 3.48. The van der Waals surface area contributed by atoms with Gasteiger partial charge in [0.25, 0.3) is 5.91 Å². The number of thiophene rings is 1. The average Bonchev–Trinajstić information content (AvgIpc) is 3.08. The summed E-state index contributed by atoms with van der Waals surface area (Å²) in [5.41, 5.74) is 0.431. The van der Waals surface area contributed by atoms with Crippen molar-refractivity contribution >= 4 is 40.5 Å². The maximum Gasteiger partial charge on any atom is 0.306 e. The summed E-state index contributed by atoms with van der Waals surface area (Å²) >= 11 is 7.59. The second-order valence-corrected chi connectivity index (χ2v) is 6.87. The summed E-state index contributed by atoms with van der Waals surface area (Å²) in [7, 11) is 1.50. The molecule has 1 N–H and O–H groups in total. The standard InChI is InChI=1S/C18H20ClNO4S/c1-12(24-17(21)7-3-5-14-6-4-10-25-14)18(22)20-15-11-13(19)8-9-16(15)23-2/h4,6,8-12H,3,5,7H2,1-2H3,(H,20,22)/t12-/m1/s1. The van der Waals surface area contributed by atoms with Gasteiger partial charge < -0.3 is 14.8 Å². The van der Waals surface area contributed by atoms with Crippen LogP contribution in [0.2, 0.25) is 5.02 Å². The minimum absolute atomic E-state index is 0.274. The number of nitrogens with one attached hydrogen (secondary N) is 1. The van der Waals surface area contributed by atoms with E-state index in [1.54, 1.807) is 29.5 Å². The first-order valence-electron chi connectivity index (χ1n) is 7.86. The van der Waals surface area contributed by atoms with Crippen LogP contribution in [0.1, 0.15) is 24.6 Å². The second kappa shape index (κ2) is 9.44. The third kappa shape index (κ3) is 6.07. The monoisotopic (exact) mass is 381 g/mol. The number of aryl methyl sites for hydroxylation is 1. The topological polar surface area (TPSA) is 64.6 Å². The predicted octanol–water partition coefficient (Wildman–Crippen LogP) is 4.30. The Morgan fingerprint density at radius 2 is 2.12 bits per heavy atom. The Morgan fingerprint density at radius 1 is 1.32 bits per heavy atom. The Labute approximate surface area is 155 Å². The quantitative estimate of drug-likeness (QED) is 0.692. The number of amides is 1. The van der Waals surface area contributed by atoms with Crippen molar-refractivity contribution in [3.05, 3.63) is 45.6 Å². The highest BCUT2D eigenvalue weighted by Crippen LogP contribution is 2.27. The number of anilines is 1. The molecule has 0 fully saturated rings. The van der Waals surface area contributed by atoms with E-state index in [4.69, 9.17) is 21.1 Å². The molecule has 1 aromatic carbocycles. The van der Waals surface area contributed by atoms with Crippen LogP contribution < -0.4 is 10.1 Å². The number of carbonyl (C=O) groups excluding carboxylic acids is 2. The molecule has 1 amide bonds. The van der Waals surface area contributed by atoms with Gasteiger partial charge in [0.2, 0.25) is 0 Å². The zero-order chi connectivity index (χ0) is 18.2. The molecule has 5 nitrogen and oxygen atoms in total. The van der Waals surface area contributed by atoms with Crippen LogP contribution in [-0.4, -0.2) is 25.1 Å². The normalized spacial score (nSPS) is 11.6. The molecule has 2 aromatic rings. The fraction of sp³-hybridized carbons (Fsp3) is 0.333. The zero-order valence-corrected chi connectivity index (χ0v) is 15.7. The van der Waals surface area contributed by atoms with E-state index >= 15 is 0 Å². The molecule has 0 unspecified atom stereocenters. The van der Waals surface area contributed by atoms with Gasteiger partial charge in [0.15, 0.2) is 6.10 Å². The van der Waals surface area contributed by atoms with Crippen molar-refractivity contribution in [1.29, 1.82) is 0 Å². The number of carbonyl (C=O) groups is 2. The van der Waals surface area contributed by atoms with E-state index in [1.165, 1.54) is 18.9 Å². The SMILES string of the molecule is COc1ccc(Cl)cc1NC(=O)[C@@H](C)OC(=O)CCCc1cccs1. The molecule has 2 rings (SSSR count). The van der Waals surface area contributed by atoms with Gasteiger partial charge in [-0.1, -0.05) is 17.7 Å². The number of rotatable bonds is 8. The van der Waals surface area contributed by atoms with Gasteiger partial charge >= 0.3 is 5.97 Å². The van der Waals surface area contributed by atoms with Crippen molar-refractivity contribution < 1.29 is 19.1 Å². The van der Waals surface area contributed by atoms with E-state index in [0.29, 0.717) is 22.9 Å². The molecule has 25 heavy (non-hydrogen) atoms. The van der Waals surface area contributed by atoms with Gasteiger partial charge in [-0.05, 0) is 49.4 Å². The minimum Gasteiger partial charge on any atom is -0.495 e. The maximum absolute atomic E-state index is 12.2. The average molecular weight is 382 g/mol. The number of hydrogen-bond acceptors (Lipinski definition) is 5. The van der Waals surface area contributed by atoms with Crippen LogP contribution >= 0.6 is 22.9 Å². The Kier molecular flexibility index (Phi) is 7.28. The first kappa shape index (κ1) is 19.3. The summed E-state index contributed by atoms with van der Waals surface area (Å²) in [4.78, 5) is 25.3. The van der Waals surface area contributed by atoms with Gasteiger partial charge in [-0.2, -0.15) is 0 Å².